The van der Waals surface area contributed by atoms with E-state index in [1.807, 2.05) is 0 Å². The van der Waals surface area contributed by atoms with Crippen LogP contribution in [-0.2, 0) is 0 Å². The van der Waals surface area contributed by atoms with E-state index in [2.05, 4.69) is 10.4 Å². The standard InChI is InChI=1S/C13H23F3N4/c14-13(15,16)10-5-4-8-20(9-10)12(19-17)18-11-6-2-1-3-7-11/h10-11H,1-9,17H2,(H,18,19). The van der Waals surface area contributed by atoms with Gasteiger partial charge in [-0.15, -0.1) is 0 Å². The summed E-state index contributed by atoms with van der Waals surface area (Å²) in [6, 6.07) is 0.195. The molecule has 0 aromatic carbocycles. The van der Waals surface area contributed by atoms with Gasteiger partial charge in [-0.05, 0) is 25.7 Å². The molecule has 0 aromatic rings. The maximum atomic E-state index is 12.8. The summed E-state index contributed by atoms with van der Waals surface area (Å²) in [5, 5.41) is 0. The number of aliphatic imine (C=N–C) groups is 1. The Hall–Kier alpha value is -0.980. The highest BCUT2D eigenvalue weighted by Gasteiger charge is 2.42. The van der Waals surface area contributed by atoms with Crippen LogP contribution in [0.2, 0.25) is 0 Å². The molecule has 2 fully saturated rings. The third-order valence-electron chi connectivity index (χ3n) is 4.19. The SMILES string of the molecule is NNC(=NC1CCCCC1)N1CCCC(C(F)(F)F)C1. The van der Waals surface area contributed by atoms with Gasteiger partial charge in [0.15, 0.2) is 0 Å². The average molecular weight is 292 g/mol. The third-order valence-corrected chi connectivity index (χ3v) is 4.19. The van der Waals surface area contributed by atoms with E-state index >= 15 is 0 Å². The van der Waals surface area contributed by atoms with Gasteiger partial charge in [0.1, 0.15) is 0 Å². The summed E-state index contributed by atoms with van der Waals surface area (Å²) in [5.41, 5.74) is 2.50. The lowest BCUT2D eigenvalue weighted by atomic mass is 9.96. The van der Waals surface area contributed by atoms with Crippen molar-refractivity contribution in [3.8, 4) is 0 Å². The molecular weight excluding hydrogens is 269 g/mol. The largest absolute Gasteiger partial charge is 0.393 e. The van der Waals surface area contributed by atoms with Crippen molar-refractivity contribution in [2.45, 2.75) is 57.2 Å². The van der Waals surface area contributed by atoms with Gasteiger partial charge in [-0.3, -0.25) is 5.43 Å². The van der Waals surface area contributed by atoms with Crippen molar-refractivity contribution in [1.82, 2.24) is 10.3 Å². The zero-order valence-corrected chi connectivity index (χ0v) is 11.6. The summed E-state index contributed by atoms with van der Waals surface area (Å²) in [5.74, 6) is 4.62. The first-order valence-corrected chi connectivity index (χ1v) is 7.37. The zero-order valence-electron chi connectivity index (χ0n) is 11.6. The number of piperidine rings is 1. The number of hydrogen-bond acceptors (Lipinski definition) is 2. The number of nitrogens with two attached hydrogens (primary N) is 1. The number of likely N-dealkylation sites (tertiary alicyclic amines) is 1. The fraction of sp³-hybridized carbons (Fsp3) is 0.923. The lowest BCUT2D eigenvalue weighted by molar-refractivity contribution is -0.183. The average Bonchev–Trinajstić information content (AvgIpc) is 2.45. The number of hydrazine groups is 1. The van der Waals surface area contributed by atoms with Crippen LogP contribution in [0.15, 0.2) is 4.99 Å². The lowest BCUT2D eigenvalue weighted by Crippen LogP contribution is -2.51. The predicted octanol–water partition coefficient (Wildman–Crippen LogP) is 2.41. The minimum atomic E-state index is -4.14. The number of halogens is 3. The molecule has 0 bridgehead atoms. The molecule has 4 nitrogen and oxygen atoms in total. The van der Waals surface area contributed by atoms with Crippen molar-refractivity contribution < 1.29 is 13.2 Å². The Labute approximate surface area is 117 Å². The Morgan fingerprint density at radius 2 is 1.80 bits per heavy atom. The van der Waals surface area contributed by atoms with Gasteiger partial charge in [0.25, 0.3) is 0 Å². The molecule has 7 heteroatoms. The van der Waals surface area contributed by atoms with Crippen molar-refractivity contribution in [1.29, 1.82) is 0 Å². The smallest absolute Gasteiger partial charge is 0.341 e. The van der Waals surface area contributed by atoms with E-state index in [0.29, 0.717) is 18.9 Å². The lowest BCUT2D eigenvalue weighted by Gasteiger charge is -2.35. The topological polar surface area (TPSA) is 53.6 Å². The molecule has 1 aliphatic carbocycles. The van der Waals surface area contributed by atoms with Gasteiger partial charge in [-0.1, -0.05) is 19.3 Å². The van der Waals surface area contributed by atoms with Crippen LogP contribution in [0.25, 0.3) is 0 Å². The van der Waals surface area contributed by atoms with Crippen molar-refractivity contribution in [3.05, 3.63) is 0 Å². The Kier molecular flexibility index (Phi) is 5.12. The van der Waals surface area contributed by atoms with E-state index in [1.165, 1.54) is 6.42 Å². The van der Waals surface area contributed by atoms with Gasteiger partial charge >= 0.3 is 6.18 Å². The molecule has 0 amide bonds. The minimum Gasteiger partial charge on any atom is -0.341 e. The minimum absolute atomic E-state index is 0.0424. The van der Waals surface area contributed by atoms with E-state index in [-0.39, 0.29) is 19.0 Å². The van der Waals surface area contributed by atoms with Crippen molar-refractivity contribution in [3.63, 3.8) is 0 Å². The second-order valence-electron chi connectivity index (χ2n) is 5.72. The molecule has 1 heterocycles. The highest BCUT2D eigenvalue weighted by atomic mass is 19.4. The number of hydrogen-bond donors (Lipinski definition) is 2. The molecule has 1 atom stereocenters. The zero-order chi connectivity index (χ0) is 14.6. The Morgan fingerprint density at radius 3 is 2.40 bits per heavy atom. The second-order valence-corrected chi connectivity index (χ2v) is 5.72. The maximum Gasteiger partial charge on any atom is 0.393 e. The van der Waals surface area contributed by atoms with Crippen LogP contribution in [0, 0.1) is 5.92 Å². The van der Waals surface area contributed by atoms with Gasteiger partial charge in [0.05, 0.1) is 12.0 Å². The van der Waals surface area contributed by atoms with E-state index in [0.717, 1.165) is 25.7 Å². The fourth-order valence-corrected chi connectivity index (χ4v) is 3.03. The Balaban J connectivity index is 2.01. The van der Waals surface area contributed by atoms with Gasteiger partial charge in [-0.25, -0.2) is 10.8 Å². The summed E-state index contributed by atoms with van der Waals surface area (Å²) in [7, 11) is 0. The number of nitrogens with zero attached hydrogens (tertiary/aromatic N) is 2. The number of rotatable bonds is 1. The Bertz CT molecular complexity index is 337. The first kappa shape index (κ1) is 15.4. The van der Waals surface area contributed by atoms with E-state index in [4.69, 9.17) is 5.84 Å². The molecule has 1 saturated heterocycles. The molecule has 1 aliphatic heterocycles. The van der Waals surface area contributed by atoms with Crippen molar-refractivity contribution >= 4 is 5.96 Å². The van der Waals surface area contributed by atoms with Gasteiger partial charge in [0, 0.05) is 13.1 Å². The number of nitrogens with one attached hydrogen (secondary N) is 1. The summed E-state index contributed by atoms with van der Waals surface area (Å²) in [6.07, 6.45) is 2.08. The highest BCUT2D eigenvalue weighted by molar-refractivity contribution is 5.79. The monoisotopic (exact) mass is 292 g/mol. The van der Waals surface area contributed by atoms with Crippen molar-refractivity contribution in [2.24, 2.45) is 16.8 Å². The van der Waals surface area contributed by atoms with Gasteiger partial charge in [0.2, 0.25) is 5.96 Å². The molecule has 0 spiro atoms. The predicted molar refractivity (Wildman–Crippen MR) is 72.0 cm³/mol. The summed E-state index contributed by atoms with van der Waals surface area (Å²) >= 11 is 0. The first-order chi connectivity index (χ1) is 9.50. The van der Waals surface area contributed by atoms with Crippen LogP contribution < -0.4 is 11.3 Å². The fourth-order valence-electron chi connectivity index (χ4n) is 3.03. The summed E-state index contributed by atoms with van der Waals surface area (Å²) in [4.78, 5) is 6.18. The van der Waals surface area contributed by atoms with Crippen LogP contribution in [0.5, 0.6) is 0 Å². The van der Waals surface area contributed by atoms with Crippen LogP contribution >= 0.6 is 0 Å². The second kappa shape index (κ2) is 6.65. The molecule has 20 heavy (non-hydrogen) atoms. The normalized spacial score (nSPS) is 26.7. The molecule has 0 aromatic heterocycles. The Morgan fingerprint density at radius 1 is 1.10 bits per heavy atom. The van der Waals surface area contributed by atoms with Gasteiger partial charge in [-0.2, -0.15) is 13.2 Å². The van der Waals surface area contributed by atoms with E-state index in [9.17, 15) is 13.2 Å². The van der Waals surface area contributed by atoms with E-state index < -0.39 is 12.1 Å². The molecule has 1 unspecified atom stereocenters. The third kappa shape index (κ3) is 4.01. The molecule has 1 saturated carbocycles. The first-order valence-electron chi connectivity index (χ1n) is 7.37. The summed E-state index contributed by atoms with van der Waals surface area (Å²) < 4.78 is 38.5. The molecular formula is C13H23F3N4. The highest BCUT2D eigenvalue weighted by Crippen LogP contribution is 2.33. The maximum absolute atomic E-state index is 12.8. The van der Waals surface area contributed by atoms with E-state index in [1.54, 1.807) is 4.90 Å². The van der Waals surface area contributed by atoms with Crippen LogP contribution in [-0.4, -0.2) is 36.2 Å². The quantitative estimate of drug-likeness (QED) is 0.338. The van der Waals surface area contributed by atoms with Crippen LogP contribution in [0.4, 0.5) is 13.2 Å². The van der Waals surface area contributed by atoms with Crippen LogP contribution in [0.1, 0.15) is 44.9 Å². The molecule has 2 aliphatic rings. The van der Waals surface area contributed by atoms with Crippen LogP contribution in [0.3, 0.4) is 0 Å². The summed E-state index contributed by atoms with van der Waals surface area (Å²) in [6.45, 7) is 0.543. The number of guanidine groups is 1. The number of alkyl halides is 3. The molecule has 116 valence electrons. The van der Waals surface area contributed by atoms with Crippen molar-refractivity contribution in [2.75, 3.05) is 13.1 Å². The van der Waals surface area contributed by atoms with Gasteiger partial charge < -0.3 is 4.90 Å². The molecule has 2 rings (SSSR count). The molecule has 3 N–H and O–H groups in total. The molecule has 0 radical (unpaired) electrons.